The number of likely N-dealkylation sites (tertiary alicyclic amines) is 1. The average Bonchev–Trinajstić information content (AvgIpc) is 2.74. The Morgan fingerprint density at radius 2 is 1.64 bits per heavy atom. The van der Waals surface area contributed by atoms with Crippen molar-refractivity contribution in [3.63, 3.8) is 0 Å². The van der Waals surface area contributed by atoms with Crippen molar-refractivity contribution in [1.29, 1.82) is 0 Å². The molecule has 1 N–H and O–H groups in total. The lowest BCUT2D eigenvalue weighted by Crippen LogP contribution is -2.48. The first kappa shape index (κ1) is 20.6. The lowest BCUT2D eigenvalue weighted by molar-refractivity contribution is 0.0813. The van der Waals surface area contributed by atoms with E-state index < -0.39 is 0 Å². The molecule has 3 rings (SSSR count). The van der Waals surface area contributed by atoms with Crippen LogP contribution in [0.4, 0.5) is 4.79 Å². The number of nitrogens with zero attached hydrogens (tertiary/aromatic N) is 1. The maximum Gasteiger partial charge on any atom is 0.317 e. The molecule has 1 aromatic carbocycles. The van der Waals surface area contributed by atoms with Crippen molar-refractivity contribution in [2.45, 2.75) is 51.4 Å². The third kappa shape index (κ3) is 4.47. The molecular weight excluding hydrogens is 356 g/mol. The Kier molecular flexibility index (Phi) is 6.92. The monoisotopic (exact) mass is 390 g/mol. The third-order valence-electron chi connectivity index (χ3n) is 6.48. The van der Waals surface area contributed by atoms with Gasteiger partial charge in [0, 0.05) is 25.2 Å². The van der Waals surface area contributed by atoms with Crippen LogP contribution in [0.3, 0.4) is 0 Å². The van der Waals surface area contributed by atoms with Crippen LogP contribution in [-0.4, -0.2) is 51.9 Å². The van der Waals surface area contributed by atoms with Gasteiger partial charge in [0.2, 0.25) is 5.75 Å². The van der Waals surface area contributed by atoms with Crippen LogP contribution in [0.1, 0.15) is 50.5 Å². The number of amides is 2. The Morgan fingerprint density at radius 3 is 2.25 bits per heavy atom. The summed E-state index contributed by atoms with van der Waals surface area (Å²) in [5.41, 5.74) is 1.50. The zero-order chi connectivity index (χ0) is 20.0. The van der Waals surface area contributed by atoms with E-state index in [9.17, 15) is 4.79 Å². The number of nitrogens with one attached hydrogen (secondary N) is 1. The van der Waals surface area contributed by atoms with Crippen molar-refractivity contribution in [3.05, 3.63) is 17.7 Å². The van der Waals surface area contributed by atoms with Gasteiger partial charge in [-0.15, -0.1) is 0 Å². The molecule has 1 heterocycles. The van der Waals surface area contributed by atoms with Gasteiger partial charge in [0.1, 0.15) is 0 Å². The van der Waals surface area contributed by atoms with E-state index in [-0.39, 0.29) is 6.03 Å². The molecule has 1 aliphatic heterocycles. The van der Waals surface area contributed by atoms with Gasteiger partial charge in [-0.1, -0.05) is 25.3 Å². The van der Waals surface area contributed by atoms with E-state index in [4.69, 9.17) is 14.2 Å². The van der Waals surface area contributed by atoms with Gasteiger partial charge in [0.05, 0.1) is 21.3 Å². The highest BCUT2D eigenvalue weighted by Gasteiger charge is 2.36. The number of rotatable bonds is 6. The van der Waals surface area contributed by atoms with E-state index in [0.29, 0.717) is 35.6 Å². The first-order valence-corrected chi connectivity index (χ1v) is 10.4. The Balaban J connectivity index is 1.51. The fourth-order valence-corrected chi connectivity index (χ4v) is 4.76. The molecule has 2 fully saturated rings. The second-order valence-electron chi connectivity index (χ2n) is 8.02. The van der Waals surface area contributed by atoms with Gasteiger partial charge in [-0.25, -0.2) is 4.79 Å². The quantitative estimate of drug-likeness (QED) is 0.797. The van der Waals surface area contributed by atoms with E-state index in [2.05, 4.69) is 5.32 Å². The van der Waals surface area contributed by atoms with Crippen LogP contribution in [0.5, 0.6) is 17.2 Å². The van der Waals surface area contributed by atoms with Crippen LogP contribution in [-0.2, 0) is 6.42 Å². The van der Waals surface area contributed by atoms with E-state index in [1.165, 1.54) is 32.1 Å². The predicted octanol–water partition coefficient (Wildman–Crippen LogP) is 4.01. The molecule has 0 bridgehead atoms. The third-order valence-corrected chi connectivity index (χ3v) is 6.48. The zero-order valence-corrected chi connectivity index (χ0v) is 17.5. The average molecular weight is 391 g/mol. The number of hydrogen-bond acceptors (Lipinski definition) is 4. The van der Waals surface area contributed by atoms with Gasteiger partial charge >= 0.3 is 6.03 Å². The number of ether oxygens (including phenoxy) is 3. The summed E-state index contributed by atoms with van der Waals surface area (Å²) in [6, 6.07) is 3.87. The second-order valence-corrected chi connectivity index (χ2v) is 8.02. The summed E-state index contributed by atoms with van der Waals surface area (Å²) in [7, 11) is 4.82. The van der Waals surface area contributed by atoms with Crippen molar-refractivity contribution in [2.75, 3.05) is 41.0 Å². The van der Waals surface area contributed by atoms with Gasteiger partial charge in [-0.05, 0) is 43.6 Å². The van der Waals surface area contributed by atoms with Crippen molar-refractivity contribution in [1.82, 2.24) is 10.2 Å². The Bertz CT molecular complexity index is 661. The number of carbonyl (C=O) groups excluding carboxylic acids is 1. The molecule has 6 nitrogen and oxygen atoms in total. The molecule has 2 aliphatic rings. The molecule has 0 aromatic heterocycles. The molecule has 1 saturated carbocycles. The van der Waals surface area contributed by atoms with E-state index in [1.807, 2.05) is 17.0 Å². The normalized spacial score (nSPS) is 18.6. The highest BCUT2D eigenvalue weighted by atomic mass is 16.5. The van der Waals surface area contributed by atoms with Gasteiger partial charge in [0.15, 0.2) is 11.5 Å². The van der Waals surface area contributed by atoms with E-state index in [1.54, 1.807) is 21.3 Å². The van der Waals surface area contributed by atoms with Gasteiger partial charge < -0.3 is 24.4 Å². The molecule has 1 saturated heterocycles. The summed E-state index contributed by atoms with van der Waals surface area (Å²) in [5, 5.41) is 3.07. The lowest BCUT2D eigenvalue weighted by atomic mass is 9.68. The highest BCUT2D eigenvalue weighted by molar-refractivity contribution is 5.74. The van der Waals surface area contributed by atoms with Crippen molar-refractivity contribution < 1.29 is 19.0 Å². The van der Waals surface area contributed by atoms with Gasteiger partial charge in [-0.2, -0.15) is 0 Å². The largest absolute Gasteiger partial charge is 0.493 e. The number of urea groups is 1. The van der Waals surface area contributed by atoms with Gasteiger partial charge in [-0.3, -0.25) is 0 Å². The van der Waals surface area contributed by atoms with Crippen molar-refractivity contribution in [2.24, 2.45) is 5.41 Å². The summed E-state index contributed by atoms with van der Waals surface area (Å²) in [5.74, 6) is 1.88. The van der Waals surface area contributed by atoms with Crippen molar-refractivity contribution in [3.8, 4) is 17.2 Å². The summed E-state index contributed by atoms with van der Waals surface area (Å²) in [4.78, 5) is 14.6. The second kappa shape index (κ2) is 9.39. The van der Waals surface area contributed by atoms with Crippen LogP contribution in [0.2, 0.25) is 0 Å². The summed E-state index contributed by atoms with van der Waals surface area (Å²) in [6.45, 7) is 2.32. The number of benzene rings is 1. The van der Waals surface area contributed by atoms with Crippen LogP contribution in [0, 0.1) is 5.41 Å². The standard InChI is InChI=1S/C22H34N2O4/c1-26-18-8-7-17(19(27-2)20(18)28-3)9-14-23-21(25)24-15-12-22(13-16-24)10-5-4-6-11-22/h7-8H,4-6,9-16H2,1-3H3,(H,23,25). The molecule has 0 radical (unpaired) electrons. The lowest BCUT2D eigenvalue weighted by Gasteiger charge is -2.44. The minimum absolute atomic E-state index is 0.0464. The topological polar surface area (TPSA) is 60.0 Å². The smallest absolute Gasteiger partial charge is 0.317 e. The van der Waals surface area contributed by atoms with Crippen LogP contribution in [0.15, 0.2) is 12.1 Å². The molecule has 1 aromatic rings. The fourth-order valence-electron chi connectivity index (χ4n) is 4.76. The molecular formula is C22H34N2O4. The molecule has 1 aliphatic carbocycles. The molecule has 6 heteroatoms. The molecule has 28 heavy (non-hydrogen) atoms. The zero-order valence-electron chi connectivity index (χ0n) is 17.5. The molecule has 2 amide bonds. The minimum Gasteiger partial charge on any atom is -0.493 e. The van der Waals surface area contributed by atoms with Crippen LogP contribution < -0.4 is 19.5 Å². The molecule has 0 unspecified atom stereocenters. The van der Waals surface area contributed by atoms with Crippen molar-refractivity contribution >= 4 is 6.03 Å². The molecule has 0 atom stereocenters. The fraction of sp³-hybridized carbons (Fsp3) is 0.682. The summed E-state index contributed by atoms with van der Waals surface area (Å²) in [6.07, 6.45) is 9.79. The number of piperidine rings is 1. The Hall–Kier alpha value is -2.11. The maximum atomic E-state index is 12.6. The summed E-state index contributed by atoms with van der Waals surface area (Å²) >= 11 is 0. The Labute approximate surface area is 168 Å². The number of methoxy groups -OCH3 is 3. The van der Waals surface area contributed by atoms with Crippen LogP contribution >= 0.6 is 0 Å². The molecule has 1 spiro atoms. The first-order valence-electron chi connectivity index (χ1n) is 10.4. The predicted molar refractivity (Wildman–Crippen MR) is 110 cm³/mol. The number of hydrogen-bond donors (Lipinski definition) is 1. The van der Waals surface area contributed by atoms with E-state index >= 15 is 0 Å². The maximum absolute atomic E-state index is 12.6. The van der Waals surface area contributed by atoms with Gasteiger partial charge in [0.25, 0.3) is 0 Å². The SMILES string of the molecule is COc1ccc(CCNC(=O)N2CCC3(CCCCC3)CC2)c(OC)c1OC. The Morgan fingerprint density at radius 1 is 0.964 bits per heavy atom. The highest BCUT2D eigenvalue weighted by Crippen LogP contribution is 2.44. The molecule has 156 valence electrons. The summed E-state index contributed by atoms with van der Waals surface area (Å²) < 4.78 is 16.3. The van der Waals surface area contributed by atoms with Crippen LogP contribution in [0.25, 0.3) is 0 Å². The minimum atomic E-state index is 0.0464. The first-order chi connectivity index (χ1) is 13.6. The van der Waals surface area contributed by atoms with E-state index in [0.717, 1.165) is 31.5 Å². The number of carbonyl (C=O) groups is 1.